The normalized spacial score (nSPS) is 32.7. The van der Waals surface area contributed by atoms with Crippen LogP contribution in [0.1, 0.15) is 33.1 Å². The first-order valence-electron chi connectivity index (χ1n) is 10.3. The summed E-state index contributed by atoms with van der Waals surface area (Å²) in [7, 11) is 4.52. The van der Waals surface area contributed by atoms with Crippen LogP contribution < -0.4 is 16.4 Å². The highest BCUT2D eigenvalue weighted by atomic mass is 31.0. The fourth-order valence-electron chi connectivity index (χ4n) is 4.41. The lowest BCUT2D eigenvalue weighted by Gasteiger charge is -2.35. The van der Waals surface area contributed by atoms with E-state index in [1.54, 1.807) is 12.1 Å². The minimum absolute atomic E-state index is 0.184. The Hall–Kier alpha value is -0.580. The Bertz CT molecular complexity index is 510. The molecule has 2 heterocycles. The molecule has 154 valence electrons. The predicted octanol–water partition coefficient (Wildman–Crippen LogP) is 2.38. The molecule has 1 aliphatic carbocycles. The summed E-state index contributed by atoms with van der Waals surface area (Å²) in [4.78, 5) is 2.66. The maximum absolute atomic E-state index is 12.1. The molecule has 2 aliphatic heterocycles. The highest BCUT2D eigenvalue weighted by molar-refractivity contribution is 7.27. The summed E-state index contributed by atoms with van der Waals surface area (Å²) in [5.74, 6) is 1.54. The van der Waals surface area contributed by atoms with Crippen molar-refractivity contribution in [3.63, 3.8) is 0 Å². The molecule has 1 saturated carbocycles. The van der Waals surface area contributed by atoms with Gasteiger partial charge in [-0.05, 0) is 55.6 Å². The molecular weight excluding hydrogens is 360 g/mol. The first kappa shape index (κ1) is 22.7. The van der Waals surface area contributed by atoms with E-state index in [0.717, 1.165) is 30.4 Å². The lowest BCUT2D eigenvalue weighted by atomic mass is 10.0. The number of fused-ring (bicyclic) bond motifs is 1. The van der Waals surface area contributed by atoms with E-state index < -0.39 is 0 Å². The Morgan fingerprint density at radius 3 is 2.19 bits per heavy atom. The van der Waals surface area contributed by atoms with Gasteiger partial charge in [-0.25, -0.2) is 4.39 Å². The van der Waals surface area contributed by atoms with Crippen molar-refractivity contribution in [2.75, 3.05) is 33.4 Å². The van der Waals surface area contributed by atoms with Crippen molar-refractivity contribution in [1.29, 1.82) is 0 Å². The number of benzene rings is 1. The van der Waals surface area contributed by atoms with Gasteiger partial charge in [-0.2, -0.15) is 0 Å². The number of hydrogen-bond acceptors (Lipinski definition) is 4. The van der Waals surface area contributed by atoms with Gasteiger partial charge in [0.2, 0.25) is 0 Å². The fourth-order valence-corrected chi connectivity index (χ4v) is 4.60. The zero-order chi connectivity index (χ0) is 19.8. The van der Waals surface area contributed by atoms with Crippen molar-refractivity contribution >= 4 is 14.5 Å². The summed E-state index contributed by atoms with van der Waals surface area (Å²) in [6.45, 7) is 8.30. The molecule has 3 N–H and O–H groups in total. The van der Waals surface area contributed by atoms with E-state index in [2.05, 4.69) is 19.5 Å². The monoisotopic (exact) mass is 397 g/mol. The first-order chi connectivity index (χ1) is 13.0. The molecule has 1 aromatic carbocycles. The van der Waals surface area contributed by atoms with E-state index in [-0.39, 0.29) is 5.82 Å². The molecule has 1 aromatic rings. The molecule has 0 spiro atoms. The second-order valence-electron chi connectivity index (χ2n) is 7.67. The van der Waals surface area contributed by atoms with Crippen LogP contribution in [0.5, 0.6) is 0 Å². The largest absolute Gasteiger partial charge is 0.378 e. The molecular formula is C21H37FN3OP. The molecule has 6 heteroatoms. The maximum atomic E-state index is 12.1. The summed E-state index contributed by atoms with van der Waals surface area (Å²) in [5.41, 5.74) is 6.04. The number of likely N-dealkylation sites (N-methyl/N-ethyl adjacent to an activating group) is 1. The van der Waals surface area contributed by atoms with E-state index in [9.17, 15) is 4.39 Å². The number of nitrogens with one attached hydrogen (secondary N) is 1. The summed E-state index contributed by atoms with van der Waals surface area (Å²) in [6, 6.07) is 7.92. The van der Waals surface area contributed by atoms with Gasteiger partial charge in [-0.3, -0.25) is 4.90 Å². The Kier molecular flexibility index (Phi) is 9.61. The second-order valence-corrected chi connectivity index (χ2v) is 8.34. The van der Waals surface area contributed by atoms with Gasteiger partial charge in [0.05, 0.1) is 13.2 Å². The summed E-state index contributed by atoms with van der Waals surface area (Å²) in [6.07, 6.45) is 3.72. The van der Waals surface area contributed by atoms with Gasteiger partial charge in [0.25, 0.3) is 0 Å². The smallest absolute Gasteiger partial charge is 0.123 e. The minimum Gasteiger partial charge on any atom is -0.378 e. The zero-order valence-electron chi connectivity index (χ0n) is 17.0. The van der Waals surface area contributed by atoms with Crippen molar-refractivity contribution in [1.82, 2.24) is 10.2 Å². The van der Waals surface area contributed by atoms with Crippen LogP contribution in [0, 0.1) is 17.7 Å². The van der Waals surface area contributed by atoms with Gasteiger partial charge < -0.3 is 15.8 Å². The van der Waals surface area contributed by atoms with Crippen LogP contribution in [0.25, 0.3) is 0 Å². The third kappa shape index (κ3) is 6.76. The second kappa shape index (κ2) is 11.4. The van der Waals surface area contributed by atoms with Crippen LogP contribution in [-0.2, 0) is 4.74 Å². The lowest BCUT2D eigenvalue weighted by Crippen LogP contribution is -2.48. The average Bonchev–Trinajstić information content (AvgIpc) is 3.24. The van der Waals surface area contributed by atoms with Gasteiger partial charge in [0.1, 0.15) is 5.82 Å². The SMILES string of the molecule is CC.CNC1COCC(N2CC3CC(N)CC3C2)C1.Fc1ccc(P)cc1. The molecule has 5 atom stereocenters. The van der Waals surface area contributed by atoms with Crippen LogP contribution in [0.15, 0.2) is 24.3 Å². The quantitative estimate of drug-likeness (QED) is 0.753. The summed E-state index contributed by atoms with van der Waals surface area (Å²) < 4.78 is 17.8. The Balaban J connectivity index is 0.000000220. The number of ether oxygens (including phenoxy) is 1. The van der Waals surface area contributed by atoms with Gasteiger partial charge in [0, 0.05) is 31.2 Å². The molecule has 27 heavy (non-hydrogen) atoms. The standard InChI is InChI=1S/C13H25N3O.C6H6FP.C2H6/c1-15-12-4-13(8-17-7-12)16-5-9-2-11(14)3-10(9)6-16;7-5-1-3-6(8)4-2-5;1-2/h9-13,15H,2-8,14H2,1H3;1-4H,8H2;1-2H3. The Morgan fingerprint density at radius 2 is 1.67 bits per heavy atom. The molecule has 4 nitrogen and oxygen atoms in total. The van der Waals surface area contributed by atoms with E-state index >= 15 is 0 Å². The zero-order valence-corrected chi connectivity index (χ0v) is 18.2. The lowest BCUT2D eigenvalue weighted by molar-refractivity contribution is 0.00595. The van der Waals surface area contributed by atoms with Gasteiger partial charge in [-0.15, -0.1) is 9.24 Å². The van der Waals surface area contributed by atoms with Crippen molar-refractivity contribution in [3.8, 4) is 0 Å². The van der Waals surface area contributed by atoms with E-state index in [1.165, 1.54) is 44.5 Å². The van der Waals surface area contributed by atoms with Gasteiger partial charge in [0.15, 0.2) is 0 Å². The molecule has 3 fully saturated rings. The fraction of sp³-hybridized carbons (Fsp3) is 0.714. The Morgan fingerprint density at radius 1 is 1.07 bits per heavy atom. The number of halogens is 1. The van der Waals surface area contributed by atoms with E-state index in [0.29, 0.717) is 18.1 Å². The molecule has 5 unspecified atom stereocenters. The third-order valence-corrected chi connectivity index (χ3v) is 6.18. The Labute approximate surface area is 166 Å². The number of hydrogen-bond donors (Lipinski definition) is 2. The molecule has 2 saturated heterocycles. The van der Waals surface area contributed by atoms with Crippen molar-refractivity contribution in [2.24, 2.45) is 17.6 Å². The molecule has 0 bridgehead atoms. The predicted molar refractivity (Wildman–Crippen MR) is 115 cm³/mol. The molecule has 3 aliphatic rings. The number of likely N-dealkylation sites (tertiary alicyclic amines) is 1. The average molecular weight is 398 g/mol. The molecule has 0 radical (unpaired) electrons. The van der Waals surface area contributed by atoms with Crippen molar-refractivity contribution < 1.29 is 9.13 Å². The van der Waals surface area contributed by atoms with E-state index in [1.807, 2.05) is 20.9 Å². The molecule has 4 rings (SSSR count). The highest BCUT2D eigenvalue weighted by Gasteiger charge is 2.42. The van der Waals surface area contributed by atoms with Crippen LogP contribution in [-0.4, -0.2) is 56.4 Å². The minimum atomic E-state index is -0.184. The van der Waals surface area contributed by atoms with Gasteiger partial charge >= 0.3 is 0 Å². The summed E-state index contributed by atoms with van der Waals surface area (Å²) >= 11 is 0. The first-order valence-corrected chi connectivity index (χ1v) is 10.9. The van der Waals surface area contributed by atoms with Crippen LogP contribution in [0.2, 0.25) is 0 Å². The molecule has 0 aromatic heterocycles. The van der Waals surface area contributed by atoms with Crippen LogP contribution >= 0.6 is 9.24 Å². The van der Waals surface area contributed by atoms with Gasteiger partial charge in [-0.1, -0.05) is 26.0 Å². The van der Waals surface area contributed by atoms with Crippen LogP contribution in [0.3, 0.4) is 0 Å². The summed E-state index contributed by atoms with van der Waals surface area (Å²) in [5, 5.41) is 4.35. The molecule has 0 amide bonds. The van der Waals surface area contributed by atoms with E-state index in [4.69, 9.17) is 10.5 Å². The third-order valence-electron chi connectivity index (χ3n) is 5.80. The van der Waals surface area contributed by atoms with Crippen molar-refractivity contribution in [2.45, 2.75) is 51.2 Å². The number of nitrogens with two attached hydrogens (primary N) is 1. The number of rotatable bonds is 2. The topological polar surface area (TPSA) is 50.5 Å². The maximum Gasteiger partial charge on any atom is 0.123 e. The highest BCUT2D eigenvalue weighted by Crippen LogP contribution is 2.38. The van der Waals surface area contributed by atoms with Crippen molar-refractivity contribution in [3.05, 3.63) is 30.1 Å². The number of nitrogens with zero attached hydrogens (tertiary/aromatic N) is 1. The van der Waals surface area contributed by atoms with Crippen LogP contribution in [0.4, 0.5) is 4.39 Å².